The number of nitrogens with one attached hydrogen (secondary N) is 1. The largest absolute Gasteiger partial charge is 0.396 e. The van der Waals surface area contributed by atoms with Gasteiger partial charge in [-0.3, -0.25) is 4.90 Å². The summed E-state index contributed by atoms with van der Waals surface area (Å²) in [5.41, 5.74) is 0. The number of piperidine rings is 1. The summed E-state index contributed by atoms with van der Waals surface area (Å²) in [6.45, 7) is 4.14. The van der Waals surface area contributed by atoms with Crippen LogP contribution >= 0.6 is 0 Å². The molecule has 1 saturated carbocycles. The molecule has 2 aliphatic rings. The molecule has 1 heterocycles. The number of aliphatic hydroxyl groups is 1. The van der Waals surface area contributed by atoms with Crippen LogP contribution in [0.1, 0.15) is 57.8 Å². The van der Waals surface area contributed by atoms with Crippen LogP contribution in [-0.2, 0) is 0 Å². The Kier molecular flexibility index (Phi) is 6.46. The van der Waals surface area contributed by atoms with Gasteiger partial charge in [0.2, 0.25) is 0 Å². The van der Waals surface area contributed by atoms with E-state index in [0.29, 0.717) is 6.61 Å². The van der Waals surface area contributed by atoms with E-state index in [1.165, 1.54) is 71.0 Å². The molecule has 0 amide bonds. The van der Waals surface area contributed by atoms with Crippen molar-refractivity contribution in [2.45, 2.75) is 69.9 Å². The van der Waals surface area contributed by atoms with E-state index in [1.807, 2.05) is 0 Å². The standard InChI is InChI=1S/C15H30N2O/c18-12-6-2-1-4-10-17-11-5-3-7-15(17)13-16-14-8-9-14/h14-16,18H,1-13H2. The van der Waals surface area contributed by atoms with Crippen LogP contribution in [-0.4, -0.2) is 48.3 Å². The third-order valence-corrected chi connectivity index (χ3v) is 4.32. The number of aliphatic hydroxyl groups excluding tert-OH is 1. The van der Waals surface area contributed by atoms with Crippen molar-refractivity contribution in [3.8, 4) is 0 Å². The van der Waals surface area contributed by atoms with Gasteiger partial charge in [-0.15, -0.1) is 0 Å². The Morgan fingerprint density at radius 1 is 1.00 bits per heavy atom. The summed E-state index contributed by atoms with van der Waals surface area (Å²) in [4.78, 5) is 2.71. The topological polar surface area (TPSA) is 35.5 Å². The third kappa shape index (κ3) is 5.25. The molecule has 2 fully saturated rings. The number of likely N-dealkylation sites (tertiary alicyclic amines) is 1. The molecule has 1 saturated heterocycles. The van der Waals surface area contributed by atoms with E-state index in [-0.39, 0.29) is 0 Å². The highest BCUT2D eigenvalue weighted by atomic mass is 16.2. The molecule has 0 radical (unpaired) electrons. The second-order valence-electron chi connectivity index (χ2n) is 6.01. The second-order valence-corrected chi connectivity index (χ2v) is 6.01. The van der Waals surface area contributed by atoms with E-state index in [0.717, 1.165) is 18.5 Å². The molecule has 0 aromatic carbocycles. The van der Waals surface area contributed by atoms with Gasteiger partial charge in [-0.2, -0.15) is 0 Å². The van der Waals surface area contributed by atoms with Crippen molar-refractivity contribution < 1.29 is 5.11 Å². The number of unbranched alkanes of at least 4 members (excludes halogenated alkanes) is 3. The average molecular weight is 254 g/mol. The molecular formula is C15H30N2O. The third-order valence-electron chi connectivity index (χ3n) is 4.32. The van der Waals surface area contributed by atoms with Gasteiger partial charge in [0.25, 0.3) is 0 Å². The van der Waals surface area contributed by atoms with Gasteiger partial charge >= 0.3 is 0 Å². The Balaban J connectivity index is 1.59. The van der Waals surface area contributed by atoms with Crippen LogP contribution < -0.4 is 5.32 Å². The maximum Gasteiger partial charge on any atom is 0.0431 e. The molecule has 0 spiro atoms. The van der Waals surface area contributed by atoms with Crippen molar-refractivity contribution in [3.05, 3.63) is 0 Å². The van der Waals surface area contributed by atoms with Crippen molar-refractivity contribution in [2.75, 3.05) is 26.2 Å². The fraction of sp³-hybridized carbons (Fsp3) is 1.00. The maximum absolute atomic E-state index is 8.77. The highest BCUT2D eigenvalue weighted by Gasteiger charge is 2.25. The summed E-state index contributed by atoms with van der Waals surface area (Å²) in [7, 11) is 0. The molecule has 1 aliphatic heterocycles. The van der Waals surface area contributed by atoms with Crippen LogP contribution in [0.25, 0.3) is 0 Å². The maximum atomic E-state index is 8.77. The fourth-order valence-electron chi connectivity index (χ4n) is 2.96. The fourth-order valence-corrected chi connectivity index (χ4v) is 2.96. The molecule has 1 atom stereocenters. The monoisotopic (exact) mass is 254 g/mol. The van der Waals surface area contributed by atoms with Gasteiger partial charge in [0, 0.05) is 25.2 Å². The lowest BCUT2D eigenvalue weighted by molar-refractivity contribution is 0.142. The highest BCUT2D eigenvalue weighted by molar-refractivity contribution is 4.85. The Bertz CT molecular complexity index is 219. The van der Waals surface area contributed by atoms with Crippen LogP contribution in [0.4, 0.5) is 0 Å². The first kappa shape index (κ1) is 14.3. The number of rotatable bonds is 9. The number of hydrogen-bond acceptors (Lipinski definition) is 3. The van der Waals surface area contributed by atoms with Crippen molar-refractivity contribution in [1.82, 2.24) is 10.2 Å². The first-order valence-corrected chi connectivity index (χ1v) is 7.98. The minimum Gasteiger partial charge on any atom is -0.396 e. The second kappa shape index (κ2) is 8.13. The first-order valence-electron chi connectivity index (χ1n) is 7.98. The number of nitrogens with zero attached hydrogens (tertiary/aromatic N) is 1. The van der Waals surface area contributed by atoms with Crippen LogP contribution in [0.15, 0.2) is 0 Å². The van der Waals surface area contributed by atoms with E-state index in [1.54, 1.807) is 0 Å². The summed E-state index contributed by atoms with van der Waals surface area (Å²) in [5.74, 6) is 0. The van der Waals surface area contributed by atoms with Crippen molar-refractivity contribution in [3.63, 3.8) is 0 Å². The van der Waals surface area contributed by atoms with Gasteiger partial charge in [0.15, 0.2) is 0 Å². The Morgan fingerprint density at radius 2 is 1.83 bits per heavy atom. The molecule has 18 heavy (non-hydrogen) atoms. The zero-order chi connectivity index (χ0) is 12.6. The lowest BCUT2D eigenvalue weighted by atomic mass is 10.0. The Morgan fingerprint density at radius 3 is 2.61 bits per heavy atom. The van der Waals surface area contributed by atoms with Crippen molar-refractivity contribution >= 4 is 0 Å². The molecule has 1 aliphatic carbocycles. The molecule has 0 bridgehead atoms. The summed E-state index contributed by atoms with van der Waals surface area (Å²) in [6, 6.07) is 1.63. The summed E-state index contributed by atoms with van der Waals surface area (Å²) < 4.78 is 0. The van der Waals surface area contributed by atoms with E-state index in [2.05, 4.69) is 10.2 Å². The van der Waals surface area contributed by atoms with E-state index in [4.69, 9.17) is 5.11 Å². The SMILES string of the molecule is OCCCCCCN1CCCCC1CNC1CC1. The summed E-state index contributed by atoms with van der Waals surface area (Å²) in [5, 5.41) is 12.5. The van der Waals surface area contributed by atoms with Crippen LogP contribution in [0.5, 0.6) is 0 Å². The van der Waals surface area contributed by atoms with Gasteiger partial charge in [0.05, 0.1) is 0 Å². The van der Waals surface area contributed by atoms with Crippen LogP contribution in [0, 0.1) is 0 Å². The number of hydrogen-bond donors (Lipinski definition) is 2. The molecule has 0 aromatic rings. The lowest BCUT2D eigenvalue weighted by Crippen LogP contribution is -2.46. The quantitative estimate of drug-likeness (QED) is 0.619. The van der Waals surface area contributed by atoms with E-state index in [9.17, 15) is 0 Å². The normalized spacial score (nSPS) is 25.5. The predicted molar refractivity (Wildman–Crippen MR) is 75.8 cm³/mol. The van der Waals surface area contributed by atoms with E-state index >= 15 is 0 Å². The van der Waals surface area contributed by atoms with Gasteiger partial charge in [-0.25, -0.2) is 0 Å². The Hall–Kier alpha value is -0.120. The van der Waals surface area contributed by atoms with Gasteiger partial charge in [-0.05, 0) is 51.6 Å². The van der Waals surface area contributed by atoms with Crippen LogP contribution in [0.3, 0.4) is 0 Å². The molecule has 1 unspecified atom stereocenters. The summed E-state index contributed by atoms with van der Waals surface area (Å²) >= 11 is 0. The van der Waals surface area contributed by atoms with Crippen molar-refractivity contribution in [1.29, 1.82) is 0 Å². The molecule has 3 heteroatoms. The predicted octanol–water partition coefficient (Wildman–Crippen LogP) is 2.15. The zero-order valence-corrected chi connectivity index (χ0v) is 11.7. The minimum atomic E-state index is 0.359. The molecule has 0 aromatic heterocycles. The summed E-state index contributed by atoms with van der Waals surface area (Å²) in [6.07, 6.45) is 11.7. The molecule has 2 rings (SSSR count). The van der Waals surface area contributed by atoms with E-state index < -0.39 is 0 Å². The van der Waals surface area contributed by atoms with Crippen molar-refractivity contribution in [2.24, 2.45) is 0 Å². The van der Waals surface area contributed by atoms with Gasteiger partial charge in [0.1, 0.15) is 0 Å². The van der Waals surface area contributed by atoms with Crippen LogP contribution in [0.2, 0.25) is 0 Å². The Labute approximate surface area is 112 Å². The minimum absolute atomic E-state index is 0.359. The molecule has 2 N–H and O–H groups in total. The smallest absolute Gasteiger partial charge is 0.0431 e. The van der Waals surface area contributed by atoms with Gasteiger partial charge in [-0.1, -0.05) is 19.3 Å². The zero-order valence-electron chi connectivity index (χ0n) is 11.7. The molecular weight excluding hydrogens is 224 g/mol. The average Bonchev–Trinajstić information content (AvgIpc) is 3.21. The highest BCUT2D eigenvalue weighted by Crippen LogP contribution is 2.21. The lowest BCUT2D eigenvalue weighted by Gasteiger charge is -2.36. The molecule has 3 nitrogen and oxygen atoms in total. The van der Waals surface area contributed by atoms with Gasteiger partial charge < -0.3 is 10.4 Å². The molecule has 106 valence electrons. The first-order chi connectivity index (χ1) is 8.90.